The van der Waals surface area contributed by atoms with Crippen LogP contribution in [0.25, 0.3) is 0 Å². The molecule has 5 nitrogen and oxygen atoms in total. The minimum absolute atomic E-state index is 0.0295. The first kappa shape index (κ1) is 22.1. The number of nitrogens with zero attached hydrogens (tertiary/aromatic N) is 1. The maximum absolute atomic E-state index is 13.2. The molecule has 3 aromatic carbocycles. The standard InChI is InChI=1S/C27H29NO4/c29-26(23-12-7-13-25(16-23)32-19-22-10-5-2-6-11-22)18-28(17-21-8-3-1-4-9-21)27(30)24-14-15-31-20-24/h1-13,16,24,26,29H,14-15,17-20H2. The fraction of sp³-hybridized carbons (Fsp3) is 0.296. The van der Waals surface area contributed by atoms with Crippen LogP contribution in [0.3, 0.4) is 0 Å². The number of hydrogen-bond acceptors (Lipinski definition) is 4. The van der Waals surface area contributed by atoms with Gasteiger partial charge in [0.2, 0.25) is 5.91 Å². The van der Waals surface area contributed by atoms with E-state index < -0.39 is 6.10 Å². The van der Waals surface area contributed by atoms with Gasteiger partial charge in [-0.1, -0.05) is 72.8 Å². The molecular formula is C27H29NO4. The Hall–Kier alpha value is -3.15. The summed E-state index contributed by atoms with van der Waals surface area (Å²) in [5.41, 5.74) is 2.84. The van der Waals surface area contributed by atoms with Gasteiger partial charge in [-0.25, -0.2) is 0 Å². The second kappa shape index (κ2) is 10.9. The molecule has 0 aliphatic carbocycles. The van der Waals surface area contributed by atoms with Gasteiger partial charge >= 0.3 is 0 Å². The number of benzene rings is 3. The monoisotopic (exact) mass is 431 g/mol. The van der Waals surface area contributed by atoms with Crippen LogP contribution in [0, 0.1) is 5.92 Å². The van der Waals surface area contributed by atoms with Crippen LogP contribution in [0.4, 0.5) is 0 Å². The van der Waals surface area contributed by atoms with Crippen molar-refractivity contribution in [3.63, 3.8) is 0 Å². The minimum Gasteiger partial charge on any atom is -0.489 e. The fourth-order valence-corrected chi connectivity index (χ4v) is 3.89. The lowest BCUT2D eigenvalue weighted by atomic mass is 10.0. The van der Waals surface area contributed by atoms with E-state index in [9.17, 15) is 9.90 Å². The molecule has 0 spiro atoms. The van der Waals surface area contributed by atoms with Crippen molar-refractivity contribution in [1.29, 1.82) is 0 Å². The van der Waals surface area contributed by atoms with Crippen molar-refractivity contribution in [2.75, 3.05) is 19.8 Å². The van der Waals surface area contributed by atoms with Crippen LogP contribution in [-0.2, 0) is 22.7 Å². The molecule has 0 saturated carbocycles. The smallest absolute Gasteiger partial charge is 0.228 e. The summed E-state index contributed by atoms with van der Waals surface area (Å²) in [6, 6.07) is 27.3. The van der Waals surface area contributed by atoms with E-state index in [0.717, 1.165) is 23.1 Å². The molecule has 4 rings (SSSR count). The highest BCUT2D eigenvalue weighted by Gasteiger charge is 2.29. The number of hydrogen-bond donors (Lipinski definition) is 1. The van der Waals surface area contributed by atoms with Gasteiger partial charge in [-0.2, -0.15) is 0 Å². The van der Waals surface area contributed by atoms with Crippen molar-refractivity contribution in [2.24, 2.45) is 5.92 Å². The second-order valence-corrected chi connectivity index (χ2v) is 8.13. The fourth-order valence-electron chi connectivity index (χ4n) is 3.89. The number of aliphatic hydroxyl groups is 1. The Morgan fingerprint density at radius 1 is 1.00 bits per heavy atom. The van der Waals surface area contributed by atoms with Crippen LogP contribution in [0.1, 0.15) is 29.2 Å². The van der Waals surface area contributed by atoms with Gasteiger partial charge < -0.3 is 19.5 Å². The van der Waals surface area contributed by atoms with Crippen molar-refractivity contribution in [1.82, 2.24) is 4.90 Å². The zero-order valence-corrected chi connectivity index (χ0v) is 18.1. The molecule has 0 aromatic heterocycles. The van der Waals surface area contributed by atoms with E-state index in [1.807, 2.05) is 84.9 Å². The Labute approximate surface area is 189 Å². The lowest BCUT2D eigenvalue weighted by molar-refractivity contribution is -0.137. The van der Waals surface area contributed by atoms with Gasteiger partial charge in [0, 0.05) is 13.2 Å². The lowest BCUT2D eigenvalue weighted by Crippen LogP contribution is -2.38. The van der Waals surface area contributed by atoms with E-state index in [0.29, 0.717) is 32.1 Å². The molecule has 0 bridgehead atoms. The Kier molecular flexibility index (Phi) is 7.54. The molecule has 166 valence electrons. The topological polar surface area (TPSA) is 59.0 Å². The summed E-state index contributed by atoms with van der Waals surface area (Å²) in [6.07, 6.45) is -0.0893. The number of rotatable bonds is 9. The van der Waals surface area contributed by atoms with Gasteiger partial charge in [0.15, 0.2) is 0 Å². The third-order valence-electron chi connectivity index (χ3n) is 5.69. The average molecular weight is 432 g/mol. The molecule has 1 amide bonds. The van der Waals surface area contributed by atoms with Gasteiger partial charge in [0.25, 0.3) is 0 Å². The van der Waals surface area contributed by atoms with Crippen LogP contribution < -0.4 is 4.74 Å². The maximum atomic E-state index is 13.2. The summed E-state index contributed by atoms with van der Waals surface area (Å²) in [5.74, 6) is 0.573. The Morgan fingerprint density at radius 2 is 1.72 bits per heavy atom. The number of amides is 1. The first-order valence-electron chi connectivity index (χ1n) is 11.0. The molecule has 32 heavy (non-hydrogen) atoms. The van der Waals surface area contributed by atoms with E-state index in [2.05, 4.69) is 0 Å². The highest BCUT2D eigenvalue weighted by Crippen LogP contribution is 2.24. The maximum Gasteiger partial charge on any atom is 0.228 e. The van der Waals surface area contributed by atoms with Crippen LogP contribution in [0.2, 0.25) is 0 Å². The molecule has 1 aliphatic rings. The van der Waals surface area contributed by atoms with Crippen LogP contribution >= 0.6 is 0 Å². The third-order valence-corrected chi connectivity index (χ3v) is 5.69. The summed E-state index contributed by atoms with van der Waals surface area (Å²) in [4.78, 5) is 14.9. The predicted octanol–water partition coefficient (Wildman–Crippen LogP) is 4.36. The van der Waals surface area contributed by atoms with E-state index in [4.69, 9.17) is 9.47 Å². The van der Waals surface area contributed by atoms with Crippen molar-refractivity contribution in [2.45, 2.75) is 25.7 Å². The van der Waals surface area contributed by atoms with Gasteiger partial charge in [0.05, 0.1) is 25.2 Å². The predicted molar refractivity (Wildman–Crippen MR) is 123 cm³/mol. The van der Waals surface area contributed by atoms with Crippen molar-refractivity contribution in [3.05, 3.63) is 102 Å². The molecule has 3 aromatic rings. The molecule has 1 fully saturated rings. The van der Waals surface area contributed by atoms with E-state index in [1.165, 1.54) is 0 Å². The van der Waals surface area contributed by atoms with Gasteiger partial charge in [-0.05, 0) is 35.2 Å². The zero-order valence-electron chi connectivity index (χ0n) is 18.1. The number of aliphatic hydroxyl groups excluding tert-OH is 1. The Morgan fingerprint density at radius 3 is 2.41 bits per heavy atom. The van der Waals surface area contributed by atoms with Gasteiger partial charge in [-0.3, -0.25) is 4.79 Å². The van der Waals surface area contributed by atoms with Crippen LogP contribution in [0.5, 0.6) is 5.75 Å². The lowest BCUT2D eigenvalue weighted by Gasteiger charge is -2.28. The largest absolute Gasteiger partial charge is 0.489 e. The molecule has 1 saturated heterocycles. The van der Waals surface area contributed by atoms with Crippen LogP contribution in [-0.4, -0.2) is 35.7 Å². The summed E-state index contributed by atoms with van der Waals surface area (Å²) in [6.45, 7) is 2.19. The van der Waals surface area contributed by atoms with E-state index >= 15 is 0 Å². The molecule has 2 unspecified atom stereocenters. The Bertz CT molecular complexity index is 987. The third kappa shape index (κ3) is 5.96. The average Bonchev–Trinajstić information content (AvgIpc) is 3.38. The van der Waals surface area contributed by atoms with E-state index in [-0.39, 0.29) is 18.4 Å². The normalized spacial score (nSPS) is 16.5. The zero-order chi connectivity index (χ0) is 22.2. The minimum atomic E-state index is -0.815. The first-order chi connectivity index (χ1) is 15.7. The molecule has 5 heteroatoms. The SMILES string of the molecule is O=C(C1CCOC1)N(Cc1ccccc1)CC(O)c1cccc(OCc2ccccc2)c1. The highest BCUT2D eigenvalue weighted by molar-refractivity contribution is 5.79. The molecule has 2 atom stereocenters. The number of carbonyl (C=O) groups excluding carboxylic acids is 1. The summed E-state index contributed by atoms with van der Waals surface area (Å²) in [5, 5.41) is 11.0. The van der Waals surface area contributed by atoms with Gasteiger partial charge in [-0.15, -0.1) is 0 Å². The number of ether oxygens (including phenoxy) is 2. The van der Waals surface area contributed by atoms with E-state index in [1.54, 1.807) is 4.90 Å². The number of carbonyl (C=O) groups is 1. The summed E-state index contributed by atoms with van der Waals surface area (Å²) in [7, 11) is 0. The van der Waals surface area contributed by atoms with Crippen molar-refractivity contribution < 1.29 is 19.4 Å². The molecular weight excluding hydrogens is 402 g/mol. The first-order valence-corrected chi connectivity index (χ1v) is 11.0. The highest BCUT2D eigenvalue weighted by atomic mass is 16.5. The molecule has 1 heterocycles. The van der Waals surface area contributed by atoms with Crippen LogP contribution in [0.15, 0.2) is 84.9 Å². The molecule has 1 aliphatic heterocycles. The molecule has 1 N–H and O–H groups in total. The second-order valence-electron chi connectivity index (χ2n) is 8.13. The summed E-state index contributed by atoms with van der Waals surface area (Å²) >= 11 is 0. The van der Waals surface area contributed by atoms with Crippen molar-refractivity contribution >= 4 is 5.91 Å². The summed E-state index contributed by atoms with van der Waals surface area (Å²) < 4.78 is 11.3. The molecule has 0 radical (unpaired) electrons. The quantitative estimate of drug-likeness (QED) is 0.547. The van der Waals surface area contributed by atoms with Gasteiger partial charge in [0.1, 0.15) is 12.4 Å². The Balaban J connectivity index is 1.44. The van der Waals surface area contributed by atoms with Crippen molar-refractivity contribution in [3.8, 4) is 5.75 Å².